The molecule has 3 rings (SSSR count). The third kappa shape index (κ3) is 8.00. The standard InChI is InChI=1S/C31H39N3O6S/c1-22(2)19-32-31(36)24(4)33(20-25-14-12-23(3)13-15-25)30(35)21-34(41(37,38)27-10-8-7-9-11-27)28-18-26(39-5)16-17-29(28)40-6/h7-18,22,24H,19-21H2,1-6H3,(H,32,36)/t24-/m0/s1. The zero-order valence-electron chi connectivity index (χ0n) is 24.5. The summed E-state index contributed by atoms with van der Waals surface area (Å²) in [5.41, 5.74) is 2.00. The Labute approximate surface area is 243 Å². The van der Waals surface area contributed by atoms with Crippen LogP contribution in [0.5, 0.6) is 11.5 Å². The average molecular weight is 582 g/mol. The zero-order valence-corrected chi connectivity index (χ0v) is 25.3. The zero-order chi connectivity index (χ0) is 30.2. The lowest BCUT2D eigenvalue weighted by Crippen LogP contribution is -2.51. The third-order valence-corrected chi connectivity index (χ3v) is 8.36. The molecule has 41 heavy (non-hydrogen) atoms. The van der Waals surface area contributed by atoms with Crippen molar-refractivity contribution >= 4 is 27.5 Å². The fraction of sp³-hybridized carbons (Fsp3) is 0.355. The third-order valence-electron chi connectivity index (χ3n) is 6.59. The molecule has 10 heteroatoms. The van der Waals surface area contributed by atoms with Crippen molar-refractivity contribution in [2.75, 3.05) is 31.6 Å². The molecule has 1 N–H and O–H groups in total. The first kappa shape index (κ1) is 31.5. The van der Waals surface area contributed by atoms with E-state index in [4.69, 9.17) is 9.47 Å². The number of hydrogen-bond donors (Lipinski definition) is 1. The van der Waals surface area contributed by atoms with E-state index >= 15 is 0 Å². The van der Waals surface area contributed by atoms with Gasteiger partial charge in [-0.05, 0) is 49.6 Å². The van der Waals surface area contributed by atoms with Crippen LogP contribution in [0.4, 0.5) is 5.69 Å². The summed E-state index contributed by atoms with van der Waals surface area (Å²) < 4.78 is 39.9. The monoisotopic (exact) mass is 581 g/mol. The lowest BCUT2D eigenvalue weighted by molar-refractivity contribution is -0.139. The summed E-state index contributed by atoms with van der Waals surface area (Å²) >= 11 is 0. The summed E-state index contributed by atoms with van der Waals surface area (Å²) in [6.45, 7) is 7.55. The molecule has 220 valence electrons. The van der Waals surface area contributed by atoms with Crippen LogP contribution in [0.3, 0.4) is 0 Å². The van der Waals surface area contributed by atoms with E-state index in [9.17, 15) is 18.0 Å². The molecule has 0 spiro atoms. The Morgan fingerprint density at radius 1 is 0.902 bits per heavy atom. The topological polar surface area (TPSA) is 105 Å². The van der Waals surface area contributed by atoms with E-state index < -0.39 is 28.5 Å². The minimum Gasteiger partial charge on any atom is -0.497 e. The largest absolute Gasteiger partial charge is 0.497 e. The summed E-state index contributed by atoms with van der Waals surface area (Å²) in [5.74, 6) is -0.0254. The minimum atomic E-state index is -4.24. The van der Waals surface area contributed by atoms with Crippen molar-refractivity contribution < 1.29 is 27.5 Å². The van der Waals surface area contributed by atoms with Gasteiger partial charge in [-0.15, -0.1) is 0 Å². The second kappa shape index (κ2) is 14.0. The molecular weight excluding hydrogens is 542 g/mol. The van der Waals surface area contributed by atoms with Gasteiger partial charge in [-0.25, -0.2) is 8.42 Å². The Morgan fingerprint density at radius 3 is 2.15 bits per heavy atom. The fourth-order valence-corrected chi connectivity index (χ4v) is 5.59. The van der Waals surface area contributed by atoms with Crippen molar-refractivity contribution in [2.24, 2.45) is 5.92 Å². The highest BCUT2D eigenvalue weighted by Crippen LogP contribution is 2.36. The highest BCUT2D eigenvalue weighted by molar-refractivity contribution is 7.92. The molecule has 0 bridgehead atoms. The summed E-state index contributed by atoms with van der Waals surface area (Å²) in [6.07, 6.45) is 0. The maximum absolute atomic E-state index is 14.1. The molecule has 0 heterocycles. The number of nitrogens with zero attached hydrogens (tertiary/aromatic N) is 2. The van der Waals surface area contributed by atoms with Gasteiger partial charge >= 0.3 is 0 Å². The van der Waals surface area contributed by atoms with Crippen molar-refractivity contribution in [3.63, 3.8) is 0 Å². The molecule has 0 saturated carbocycles. The lowest BCUT2D eigenvalue weighted by atomic mass is 10.1. The van der Waals surface area contributed by atoms with Gasteiger partial charge in [-0.1, -0.05) is 61.9 Å². The number of methoxy groups -OCH3 is 2. The SMILES string of the molecule is COc1ccc(OC)c(N(CC(=O)N(Cc2ccc(C)cc2)[C@@H](C)C(=O)NCC(C)C)S(=O)(=O)c2ccccc2)c1. The van der Waals surface area contributed by atoms with Gasteiger partial charge in [-0.2, -0.15) is 0 Å². The Hall–Kier alpha value is -4.05. The molecule has 0 fully saturated rings. The van der Waals surface area contributed by atoms with Crippen LogP contribution >= 0.6 is 0 Å². The van der Waals surface area contributed by atoms with Gasteiger partial charge in [0.2, 0.25) is 11.8 Å². The van der Waals surface area contributed by atoms with Crippen LogP contribution in [0.25, 0.3) is 0 Å². The summed E-state index contributed by atoms with van der Waals surface area (Å²) in [4.78, 5) is 28.6. The number of amides is 2. The van der Waals surface area contributed by atoms with Gasteiger partial charge in [0.25, 0.3) is 10.0 Å². The van der Waals surface area contributed by atoms with E-state index in [1.54, 1.807) is 37.3 Å². The van der Waals surface area contributed by atoms with E-state index in [0.29, 0.717) is 12.3 Å². The first-order chi connectivity index (χ1) is 19.5. The van der Waals surface area contributed by atoms with Crippen LogP contribution in [-0.2, 0) is 26.2 Å². The first-order valence-electron chi connectivity index (χ1n) is 13.4. The molecular formula is C31H39N3O6S. The number of aryl methyl sites for hydroxylation is 1. The molecule has 3 aromatic rings. The van der Waals surface area contributed by atoms with Gasteiger partial charge < -0.3 is 19.7 Å². The molecule has 0 unspecified atom stereocenters. The van der Waals surface area contributed by atoms with E-state index in [0.717, 1.165) is 15.4 Å². The molecule has 2 amide bonds. The number of hydrogen-bond acceptors (Lipinski definition) is 6. The number of sulfonamides is 1. The number of nitrogens with one attached hydrogen (secondary N) is 1. The molecule has 0 saturated heterocycles. The van der Waals surface area contributed by atoms with Gasteiger partial charge in [0.1, 0.15) is 24.1 Å². The van der Waals surface area contributed by atoms with Crippen molar-refractivity contribution in [2.45, 2.75) is 45.2 Å². The van der Waals surface area contributed by atoms with Crippen LogP contribution < -0.4 is 19.1 Å². The number of rotatable bonds is 13. The van der Waals surface area contributed by atoms with Crippen molar-refractivity contribution in [1.82, 2.24) is 10.2 Å². The van der Waals surface area contributed by atoms with Crippen LogP contribution in [0, 0.1) is 12.8 Å². The van der Waals surface area contributed by atoms with E-state index in [-0.39, 0.29) is 34.7 Å². The molecule has 9 nitrogen and oxygen atoms in total. The fourth-order valence-electron chi connectivity index (χ4n) is 4.15. The van der Waals surface area contributed by atoms with Crippen LogP contribution in [0.15, 0.2) is 77.7 Å². The van der Waals surface area contributed by atoms with E-state index in [2.05, 4.69) is 5.32 Å². The molecule has 0 aliphatic heterocycles. The maximum atomic E-state index is 14.1. The normalized spacial score (nSPS) is 12.0. The molecule has 0 aliphatic rings. The highest BCUT2D eigenvalue weighted by Gasteiger charge is 2.34. The average Bonchev–Trinajstić information content (AvgIpc) is 2.97. The van der Waals surface area contributed by atoms with Gasteiger partial charge in [-0.3, -0.25) is 13.9 Å². The summed E-state index contributed by atoms with van der Waals surface area (Å²) in [5, 5.41) is 2.89. The number of benzene rings is 3. The smallest absolute Gasteiger partial charge is 0.264 e. The maximum Gasteiger partial charge on any atom is 0.264 e. The summed E-state index contributed by atoms with van der Waals surface area (Å²) in [7, 11) is -1.35. The molecule has 0 aliphatic carbocycles. The quantitative estimate of drug-likeness (QED) is 0.321. The molecule has 3 aromatic carbocycles. The molecule has 0 aromatic heterocycles. The highest BCUT2D eigenvalue weighted by atomic mass is 32.2. The van der Waals surface area contributed by atoms with E-state index in [1.807, 2.05) is 45.0 Å². The lowest BCUT2D eigenvalue weighted by Gasteiger charge is -2.32. The number of carbonyl (C=O) groups is 2. The predicted octanol–water partition coefficient (Wildman–Crippen LogP) is 4.40. The second-order valence-electron chi connectivity index (χ2n) is 10.2. The van der Waals surface area contributed by atoms with E-state index in [1.165, 1.54) is 37.3 Å². The number of ether oxygens (including phenoxy) is 2. The Bertz CT molecular complexity index is 1430. The number of anilines is 1. The van der Waals surface area contributed by atoms with Gasteiger partial charge in [0.05, 0.1) is 24.8 Å². The van der Waals surface area contributed by atoms with Gasteiger partial charge in [0, 0.05) is 19.2 Å². The van der Waals surface area contributed by atoms with Crippen LogP contribution in [0.2, 0.25) is 0 Å². The van der Waals surface area contributed by atoms with Crippen LogP contribution in [-0.4, -0.2) is 58.5 Å². The van der Waals surface area contributed by atoms with Crippen LogP contribution in [0.1, 0.15) is 31.9 Å². The van der Waals surface area contributed by atoms with Crippen molar-refractivity contribution in [1.29, 1.82) is 0 Å². The predicted molar refractivity (Wildman–Crippen MR) is 160 cm³/mol. The Balaban J connectivity index is 2.08. The van der Waals surface area contributed by atoms with Crippen molar-refractivity contribution in [3.05, 3.63) is 83.9 Å². The Morgan fingerprint density at radius 2 is 1.56 bits per heavy atom. The second-order valence-corrected chi connectivity index (χ2v) is 12.0. The summed E-state index contributed by atoms with van der Waals surface area (Å²) in [6, 6.07) is 19.4. The number of carbonyl (C=O) groups excluding carboxylic acids is 2. The minimum absolute atomic E-state index is 0.00508. The van der Waals surface area contributed by atoms with Crippen molar-refractivity contribution in [3.8, 4) is 11.5 Å². The molecule has 1 atom stereocenters. The molecule has 0 radical (unpaired) electrons. The first-order valence-corrected chi connectivity index (χ1v) is 14.8. The Kier molecular flexibility index (Phi) is 10.8. The van der Waals surface area contributed by atoms with Gasteiger partial charge in [0.15, 0.2) is 0 Å².